The molecule has 0 bridgehead atoms. The summed E-state index contributed by atoms with van der Waals surface area (Å²) in [6.07, 6.45) is 1.43. The maximum Gasteiger partial charge on any atom is 0.341 e. The average Bonchev–Trinajstić information content (AvgIpc) is 2.45. The van der Waals surface area contributed by atoms with E-state index in [1.54, 1.807) is 25.1 Å². The lowest BCUT2D eigenvalue weighted by molar-refractivity contribution is 0.0527. The molecule has 1 aromatic carbocycles. The number of nitrogens with zero attached hydrogens (tertiary/aromatic N) is 1. The zero-order chi connectivity index (χ0) is 15.4. The van der Waals surface area contributed by atoms with Gasteiger partial charge < -0.3 is 15.8 Å². The highest BCUT2D eigenvalue weighted by Gasteiger charge is 2.15. The van der Waals surface area contributed by atoms with Gasteiger partial charge in [-0.2, -0.15) is 0 Å². The molecule has 1 heterocycles. The minimum Gasteiger partial charge on any atom is -0.462 e. The average molecular weight is 326 g/mol. The van der Waals surface area contributed by atoms with Crippen LogP contribution in [0.2, 0.25) is 10.0 Å². The van der Waals surface area contributed by atoms with Crippen molar-refractivity contribution >= 4 is 46.4 Å². The number of carbonyl (C=O) groups excluding carboxylic acids is 1. The third-order valence-corrected chi connectivity index (χ3v) is 3.15. The Labute approximate surface area is 132 Å². The van der Waals surface area contributed by atoms with Gasteiger partial charge in [-0.1, -0.05) is 23.2 Å². The zero-order valence-corrected chi connectivity index (χ0v) is 12.7. The van der Waals surface area contributed by atoms with Crippen LogP contribution in [0.15, 0.2) is 30.5 Å². The minimum absolute atomic E-state index is 0.230. The molecule has 0 unspecified atom stereocenters. The molecule has 0 fully saturated rings. The number of halogens is 2. The van der Waals surface area contributed by atoms with Gasteiger partial charge in [-0.25, -0.2) is 9.78 Å². The van der Waals surface area contributed by atoms with Crippen LogP contribution in [0.5, 0.6) is 0 Å². The Morgan fingerprint density at radius 2 is 2.14 bits per heavy atom. The Kier molecular flexibility index (Phi) is 4.88. The van der Waals surface area contributed by atoms with Gasteiger partial charge in [-0.15, -0.1) is 0 Å². The number of benzene rings is 1. The Morgan fingerprint density at radius 3 is 2.86 bits per heavy atom. The lowest BCUT2D eigenvalue weighted by Gasteiger charge is -2.12. The minimum atomic E-state index is -0.516. The molecule has 2 rings (SSSR count). The number of nitrogens with two attached hydrogens (primary N) is 1. The number of nitrogen functional groups attached to an aromatic ring is 1. The number of rotatable bonds is 4. The first-order chi connectivity index (χ1) is 10.0. The monoisotopic (exact) mass is 325 g/mol. The standard InChI is InChI=1S/C14H13Cl2N3O2/c1-2-21-14(20)10-6-9(17)7-18-13(10)19-12-5-8(15)3-4-11(12)16/h3-7H,2,17H2,1H3,(H,18,19). The van der Waals surface area contributed by atoms with E-state index < -0.39 is 5.97 Å². The zero-order valence-electron chi connectivity index (χ0n) is 11.2. The van der Waals surface area contributed by atoms with Crippen LogP contribution in [-0.2, 0) is 4.74 Å². The molecule has 0 atom stereocenters. The molecule has 0 amide bonds. The van der Waals surface area contributed by atoms with Crippen LogP contribution in [0.25, 0.3) is 0 Å². The number of anilines is 3. The number of aromatic nitrogens is 1. The van der Waals surface area contributed by atoms with E-state index in [4.69, 9.17) is 33.7 Å². The van der Waals surface area contributed by atoms with Crippen molar-refractivity contribution in [3.05, 3.63) is 46.1 Å². The number of esters is 1. The third-order valence-electron chi connectivity index (χ3n) is 2.59. The molecule has 110 valence electrons. The first-order valence-corrected chi connectivity index (χ1v) is 6.91. The largest absolute Gasteiger partial charge is 0.462 e. The van der Waals surface area contributed by atoms with E-state index in [0.29, 0.717) is 27.2 Å². The van der Waals surface area contributed by atoms with Gasteiger partial charge in [0.2, 0.25) is 0 Å². The van der Waals surface area contributed by atoms with Crippen molar-refractivity contribution in [2.45, 2.75) is 6.92 Å². The van der Waals surface area contributed by atoms with E-state index in [2.05, 4.69) is 10.3 Å². The second-order valence-corrected chi connectivity index (χ2v) is 4.98. The summed E-state index contributed by atoms with van der Waals surface area (Å²) in [5, 5.41) is 3.93. The van der Waals surface area contributed by atoms with Crippen LogP contribution in [0, 0.1) is 0 Å². The van der Waals surface area contributed by atoms with Crippen LogP contribution in [0.3, 0.4) is 0 Å². The van der Waals surface area contributed by atoms with Gasteiger partial charge in [0.25, 0.3) is 0 Å². The van der Waals surface area contributed by atoms with Crippen LogP contribution in [-0.4, -0.2) is 17.6 Å². The number of ether oxygens (including phenoxy) is 1. The quantitative estimate of drug-likeness (QED) is 0.834. The molecule has 0 spiro atoms. The topological polar surface area (TPSA) is 77.2 Å². The number of hydrogen-bond donors (Lipinski definition) is 2. The summed E-state index contributed by atoms with van der Waals surface area (Å²) in [6.45, 7) is 1.98. The number of nitrogens with one attached hydrogen (secondary N) is 1. The van der Waals surface area contributed by atoms with Gasteiger partial charge in [-0.3, -0.25) is 0 Å². The van der Waals surface area contributed by atoms with Gasteiger partial charge >= 0.3 is 5.97 Å². The predicted octanol–water partition coefficient (Wildman–Crippen LogP) is 3.89. The molecule has 0 aliphatic carbocycles. The summed E-state index contributed by atoms with van der Waals surface area (Å²) in [5.41, 5.74) is 6.79. The van der Waals surface area contributed by atoms with Crippen LogP contribution in [0.4, 0.5) is 17.2 Å². The molecular weight excluding hydrogens is 313 g/mol. The van der Waals surface area contributed by atoms with Gasteiger partial charge in [0.15, 0.2) is 0 Å². The van der Waals surface area contributed by atoms with E-state index in [-0.39, 0.29) is 12.2 Å². The molecule has 1 aromatic heterocycles. The highest BCUT2D eigenvalue weighted by atomic mass is 35.5. The molecule has 3 N–H and O–H groups in total. The van der Waals surface area contributed by atoms with Gasteiger partial charge in [0, 0.05) is 5.02 Å². The molecule has 0 saturated carbocycles. The maximum atomic E-state index is 11.9. The normalized spacial score (nSPS) is 10.2. The van der Waals surface area contributed by atoms with Crippen molar-refractivity contribution in [1.29, 1.82) is 0 Å². The van der Waals surface area contributed by atoms with E-state index in [1.165, 1.54) is 12.3 Å². The van der Waals surface area contributed by atoms with Crippen LogP contribution >= 0.6 is 23.2 Å². The fourth-order valence-electron chi connectivity index (χ4n) is 1.67. The Balaban J connectivity index is 2.39. The summed E-state index contributed by atoms with van der Waals surface area (Å²) in [6, 6.07) is 6.44. The molecule has 0 aliphatic rings. The van der Waals surface area contributed by atoms with Crippen molar-refractivity contribution in [2.75, 3.05) is 17.7 Å². The molecule has 0 aliphatic heterocycles. The van der Waals surface area contributed by atoms with Crippen molar-refractivity contribution in [2.24, 2.45) is 0 Å². The highest BCUT2D eigenvalue weighted by molar-refractivity contribution is 6.35. The van der Waals surface area contributed by atoms with Gasteiger partial charge in [-0.05, 0) is 31.2 Å². The lowest BCUT2D eigenvalue weighted by Crippen LogP contribution is -2.10. The van der Waals surface area contributed by atoms with Crippen molar-refractivity contribution < 1.29 is 9.53 Å². The fourth-order valence-corrected chi connectivity index (χ4v) is 2.00. The lowest BCUT2D eigenvalue weighted by atomic mass is 10.2. The summed E-state index contributed by atoms with van der Waals surface area (Å²) < 4.78 is 4.98. The summed E-state index contributed by atoms with van der Waals surface area (Å²) in [7, 11) is 0. The first kappa shape index (κ1) is 15.4. The SMILES string of the molecule is CCOC(=O)c1cc(N)cnc1Nc1cc(Cl)ccc1Cl. The highest BCUT2D eigenvalue weighted by Crippen LogP contribution is 2.29. The molecular formula is C14H13Cl2N3O2. The second-order valence-electron chi connectivity index (χ2n) is 4.13. The Morgan fingerprint density at radius 1 is 1.38 bits per heavy atom. The van der Waals surface area contributed by atoms with Gasteiger partial charge in [0.05, 0.1) is 29.2 Å². The summed E-state index contributed by atoms with van der Waals surface area (Å²) in [5.74, 6) is -0.218. The summed E-state index contributed by atoms with van der Waals surface area (Å²) in [4.78, 5) is 16.1. The fraction of sp³-hybridized carbons (Fsp3) is 0.143. The molecule has 0 radical (unpaired) electrons. The van der Waals surface area contributed by atoms with Crippen LogP contribution in [0.1, 0.15) is 17.3 Å². The molecule has 5 nitrogen and oxygen atoms in total. The first-order valence-electron chi connectivity index (χ1n) is 6.16. The van der Waals surface area contributed by atoms with E-state index in [1.807, 2.05) is 0 Å². The predicted molar refractivity (Wildman–Crippen MR) is 84.4 cm³/mol. The number of pyridine rings is 1. The van der Waals surface area contributed by atoms with E-state index >= 15 is 0 Å². The van der Waals surface area contributed by atoms with Crippen LogP contribution < -0.4 is 11.1 Å². The number of carbonyl (C=O) groups is 1. The van der Waals surface area contributed by atoms with E-state index in [9.17, 15) is 4.79 Å². The molecule has 7 heteroatoms. The Bertz CT molecular complexity index is 677. The second kappa shape index (κ2) is 6.65. The maximum absolute atomic E-state index is 11.9. The summed E-state index contributed by atoms with van der Waals surface area (Å²) >= 11 is 12.0. The van der Waals surface area contributed by atoms with Crippen molar-refractivity contribution in [1.82, 2.24) is 4.98 Å². The van der Waals surface area contributed by atoms with Gasteiger partial charge in [0.1, 0.15) is 11.4 Å². The van der Waals surface area contributed by atoms with Crippen molar-refractivity contribution in [3.8, 4) is 0 Å². The smallest absolute Gasteiger partial charge is 0.341 e. The van der Waals surface area contributed by atoms with Crippen molar-refractivity contribution in [3.63, 3.8) is 0 Å². The number of hydrogen-bond acceptors (Lipinski definition) is 5. The Hall–Kier alpha value is -1.98. The van der Waals surface area contributed by atoms with E-state index in [0.717, 1.165) is 0 Å². The third kappa shape index (κ3) is 3.77. The molecule has 0 saturated heterocycles. The molecule has 21 heavy (non-hydrogen) atoms. The molecule has 2 aromatic rings.